The van der Waals surface area contributed by atoms with Gasteiger partial charge in [0.1, 0.15) is 28.5 Å². The molecule has 4 rings (SSSR count). The van der Waals surface area contributed by atoms with Gasteiger partial charge in [-0.3, -0.25) is 0 Å². The number of nitrogens with one attached hydrogen (secondary N) is 1. The first-order valence-corrected chi connectivity index (χ1v) is 11.4. The second-order valence-corrected chi connectivity index (χ2v) is 9.67. The molecule has 3 aromatic rings. The highest BCUT2D eigenvalue weighted by atomic mass is 32.2. The minimum absolute atomic E-state index is 0.323. The fraction of sp³-hybridized carbons (Fsp3) is 0.278. The molecule has 1 aliphatic heterocycles. The van der Waals surface area contributed by atoms with Gasteiger partial charge in [-0.05, 0) is 18.1 Å². The molecular formula is C18H20N6O3S2. The van der Waals surface area contributed by atoms with Crippen molar-refractivity contribution in [3.05, 3.63) is 35.0 Å². The summed E-state index contributed by atoms with van der Waals surface area (Å²) >= 11 is 1.48. The number of aromatic nitrogens is 3. The molecule has 0 amide bonds. The number of nitrogens with two attached hydrogens (primary N) is 1. The second kappa shape index (κ2) is 7.25. The van der Waals surface area contributed by atoms with Crippen LogP contribution in [0.5, 0.6) is 5.88 Å². The number of thiophene rings is 1. The molecule has 152 valence electrons. The van der Waals surface area contributed by atoms with E-state index in [9.17, 15) is 8.42 Å². The van der Waals surface area contributed by atoms with E-state index in [1.807, 2.05) is 0 Å². The minimum Gasteiger partial charge on any atom is -0.479 e. The molecule has 3 N–H and O–H groups in total. The van der Waals surface area contributed by atoms with Crippen molar-refractivity contribution < 1.29 is 13.2 Å². The zero-order chi connectivity index (χ0) is 20.8. The fourth-order valence-corrected chi connectivity index (χ4v) is 5.41. The van der Waals surface area contributed by atoms with E-state index in [0.717, 1.165) is 20.7 Å². The van der Waals surface area contributed by atoms with Crippen LogP contribution in [0.3, 0.4) is 0 Å². The lowest BCUT2D eigenvalue weighted by Gasteiger charge is -2.24. The molecule has 0 aliphatic carbocycles. The second-order valence-electron chi connectivity index (χ2n) is 6.60. The van der Waals surface area contributed by atoms with Gasteiger partial charge in [0.15, 0.2) is 0 Å². The molecular weight excluding hydrogens is 412 g/mol. The van der Waals surface area contributed by atoms with Crippen LogP contribution in [0.15, 0.2) is 19.0 Å². The van der Waals surface area contributed by atoms with Gasteiger partial charge in [0.05, 0.1) is 18.8 Å². The number of hydrogen-bond donors (Lipinski definition) is 2. The monoisotopic (exact) mass is 432 g/mol. The summed E-state index contributed by atoms with van der Waals surface area (Å²) in [6, 6.07) is 1.80. The number of hydrogen-bond acceptors (Lipinski definition) is 9. The predicted molar refractivity (Wildman–Crippen MR) is 115 cm³/mol. The number of methoxy groups -OCH3 is 1. The molecule has 0 saturated carbocycles. The van der Waals surface area contributed by atoms with E-state index in [2.05, 4.69) is 26.8 Å². The summed E-state index contributed by atoms with van der Waals surface area (Å²) in [5.74, 6) is 1.27. The van der Waals surface area contributed by atoms with Crippen LogP contribution in [0.2, 0.25) is 0 Å². The quantitative estimate of drug-likeness (QED) is 0.630. The van der Waals surface area contributed by atoms with E-state index >= 15 is 0 Å². The van der Waals surface area contributed by atoms with Gasteiger partial charge in [-0.2, -0.15) is 9.29 Å². The maximum absolute atomic E-state index is 11.9. The number of nitrogen functional groups attached to an aromatic ring is 1. The number of ether oxygens (including phenoxy) is 1. The van der Waals surface area contributed by atoms with Crippen molar-refractivity contribution in [1.29, 1.82) is 0 Å². The molecule has 0 radical (unpaired) electrons. The van der Waals surface area contributed by atoms with Crippen LogP contribution in [-0.2, 0) is 23.0 Å². The predicted octanol–water partition coefficient (Wildman–Crippen LogP) is 2.38. The Kier molecular flexibility index (Phi) is 4.89. The molecule has 3 aromatic heterocycles. The number of pyridine rings is 1. The third-order valence-corrected chi connectivity index (χ3v) is 7.16. The van der Waals surface area contributed by atoms with E-state index in [0.29, 0.717) is 48.3 Å². The van der Waals surface area contributed by atoms with Crippen LogP contribution in [0, 0.1) is 0 Å². The molecule has 29 heavy (non-hydrogen) atoms. The Morgan fingerprint density at radius 2 is 2.21 bits per heavy atom. The lowest BCUT2D eigenvalue weighted by molar-refractivity contribution is 0.400. The number of sulfonamides is 1. The van der Waals surface area contributed by atoms with E-state index in [1.165, 1.54) is 35.3 Å². The normalized spacial score (nSPS) is 14.6. The SMILES string of the molecule is C=Cc1cc(Nc2ncnc3sc4c(c23)CCN(S(C)(=O)=O)C4)c(OC)nc1N. The highest BCUT2D eigenvalue weighted by Gasteiger charge is 2.28. The average molecular weight is 433 g/mol. The smallest absolute Gasteiger partial charge is 0.239 e. The Morgan fingerprint density at radius 1 is 1.41 bits per heavy atom. The molecule has 1 aliphatic rings. The molecule has 0 saturated heterocycles. The van der Waals surface area contributed by atoms with E-state index in [-0.39, 0.29) is 0 Å². The maximum atomic E-state index is 11.9. The molecule has 0 fully saturated rings. The van der Waals surface area contributed by atoms with Crippen LogP contribution in [0.1, 0.15) is 16.0 Å². The lowest BCUT2D eigenvalue weighted by Crippen LogP contribution is -2.34. The zero-order valence-electron chi connectivity index (χ0n) is 16.0. The first kappa shape index (κ1) is 19.6. The van der Waals surface area contributed by atoms with Gasteiger partial charge in [0.2, 0.25) is 15.9 Å². The lowest BCUT2D eigenvalue weighted by atomic mass is 10.1. The van der Waals surface area contributed by atoms with Gasteiger partial charge in [0.25, 0.3) is 0 Å². The Bertz CT molecular complexity index is 1220. The molecule has 11 heteroatoms. The Balaban J connectivity index is 1.79. The van der Waals surface area contributed by atoms with Crippen molar-refractivity contribution in [1.82, 2.24) is 19.3 Å². The largest absolute Gasteiger partial charge is 0.479 e. The average Bonchev–Trinajstić information content (AvgIpc) is 3.07. The van der Waals surface area contributed by atoms with Gasteiger partial charge in [-0.15, -0.1) is 11.3 Å². The minimum atomic E-state index is -3.24. The van der Waals surface area contributed by atoms with Gasteiger partial charge in [-0.25, -0.2) is 18.4 Å². The van der Waals surface area contributed by atoms with Crippen molar-refractivity contribution >= 4 is 55.0 Å². The van der Waals surface area contributed by atoms with Crippen LogP contribution >= 0.6 is 11.3 Å². The summed E-state index contributed by atoms with van der Waals surface area (Å²) in [6.07, 6.45) is 4.93. The summed E-state index contributed by atoms with van der Waals surface area (Å²) in [7, 11) is -1.73. The van der Waals surface area contributed by atoms with Crippen LogP contribution in [0.4, 0.5) is 17.3 Å². The standard InChI is InChI=1S/C18H20N6O3S2/c1-4-10-7-12(17(27-2)23-15(10)19)22-16-14-11-5-6-24(29(3,25)26)8-13(11)28-18(14)21-9-20-16/h4,7,9H,1,5-6,8H2,2-3H3,(H2,19,23)(H,20,21,22). The molecule has 0 bridgehead atoms. The molecule has 0 aromatic carbocycles. The van der Waals surface area contributed by atoms with Crippen molar-refractivity contribution in [2.45, 2.75) is 13.0 Å². The summed E-state index contributed by atoms with van der Waals surface area (Å²) < 4.78 is 30.7. The fourth-order valence-electron chi connectivity index (χ4n) is 3.34. The van der Waals surface area contributed by atoms with Crippen LogP contribution in [0.25, 0.3) is 16.3 Å². The molecule has 0 spiro atoms. The van der Waals surface area contributed by atoms with Gasteiger partial charge < -0.3 is 15.8 Å². The van der Waals surface area contributed by atoms with Gasteiger partial charge >= 0.3 is 0 Å². The Morgan fingerprint density at radius 3 is 2.90 bits per heavy atom. The number of anilines is 3. The van der Waals surface area contributed by atoms with Crippen LogP contribution in [-0.4, -0.2) is 47.6 Å². The number of nitrogens with zero attached hydrogens (tertiary/aromatic N) is 4. The Hall–Kier alpha value is -2.76. The number of fused-ring (bicyclic) bond motifs is 3. The summed E-state index contributed by atoms with van der Waals surface area (Å²) in [6.45, 7) is 4.53. The van der Waals surface area contributed by atoms with Crippen molar-refractivity contribution in [2.75, 3.05) is 31.0 Å². The first-order valence-electron chi connectivity index (χ1n) is 8.76. The molecule has 0 atom stereocenters. The van der Waals surface area contributed by atoms with Crippen molar-refractivity contribution in [3.63, 3.8) is 0 Å². The van der Waals surface area contributed by atoms with Gasteiger partial charge in [0, 0.05) is 23.5 Å². The summed E-state index contributed by atoms with van der Waals surface area (Å²) in [5.41, 5.74) is 8.26. The third kappa shape index (κ3) is 3.52. The third-order valence-electron chi connectivity index (χ3n) is 4.79. The number of rotatable bonds is 5. The van der Waals surface area contributed by atoms with Crippen LogP contribution < -0.4 is 15.8 Å². The summed E-state index contributed by atoms with van der Waals surface area (Å²) in [5, 5.41) is 4.17. The van der Waals surface area contributed by atoms with Crippen molar-refractivity contribution in [3.8, 4) is 5.88 Å². The molecule has 0 unspecified atom stereocenters. The van der Waals surface area contributed by atoms with E-state index in [1.54, 1.807) is 12.1 Å². The van der Waals surface area contributed by atoms with Gasteiger partial charge in [-0.1, -0.05) is 12.7 Å². The summed E-state index contributed by atoms with van der Waals surface area (Å²) in [4.78, 5) is 14.8. The molecule has 9 nitrogen and oxygen atoms in total. The highest BCUT2D eigenvalue weighted by molar-refractivity contribution is 7.88. The maximum Gasteiger partial charge on any atom is 0.239 e. The van der Waals surface area contributed by atoms with E-state index in [4.69, 9.17) is 10.5 Å². The topological polar surface area (TPSA) is 123 Å². The van der Waals surface area contributed by atoms with E-state index < -0.39 is 10.0 Å². The highest BCUT2D eigenvalue weighted by Crippen LogP contribution is 2.39. The molecule has 4 heterocycles. The van der Waals surface area contributed by atoms with Crippen molar-refractivity contribution in [2.24, 2.45) is 0 Å². The first-order chi connectivity index (χ1) is 13.8. The Labute approximate surface area is 172 Å². The zero-order valence-corrected chi connectivity index (χ0v) is 17.6.